The molecule has 0 aliphatic carbocycles. The number of nitrogens with two attached hydrogens (primary N) is 1. The molecule has 78 valence electrons. The summed E-state index contributed by atoms with van der Waals surface area (Å²) in [5, 5.41) is 1.60. The summed E-state index contributed by atoms with van der Waals surface area (Å²) in [6.45, 7) is 3.65. The molecule has 1 unspecified atom stereocenters. The van der Waals surface area contributed by atoms with E-state index >= 15 is 0 Å². The van der Waals surface area contributed by atoms with Gasteiger partial charge in [0.2, 0.25) is 0 Å². The number of halogens is 1. The van der Waals surface area contributed by atoms with E-state index in [0.717, 1.165) is 11.1 Å². The van der Waals surface area contributed by atoms with E-state index in [4.69, 9.17) is 21.8 Å². The van der Waals surface area contributed by atoms with Gasteiger partial charge in [0.15, 0.2) is 5.58 Å². The summed E-state index contributed by atoms with van der Waals surface area (Å²) in [7, 11) is 0. The summed E-state index contributed by atoms with van der Waals surface area (Å²) in [6.07, 6.45) is 2.47. The number of hydrogen-bond acceptors (Lipinski definition) is 2. The van der Waals surface area contributed by atoms with Gasteiger partial charge in [-0.05, 0) is 18.6 Å². The van der Waals surface area contributed by atoms with Crippen LogP contribution in [0.3, 0.4) is 0 Å². The van der Waals surface area contributed by atoms with Gasteiger partial charge in [0.1, 0.15) is 5.76 Å². The smallest absolute Gasteiger partial charge is 0.152 e. The molecule has 0 radical (unpaired) electrons. The van der Waals surface area contributed by atoms with Crippen molar-refractivity contribution in [2.24, 2.45) is 5.73 Å². The maximum Gasteiger partial charge on any atom is 0.152 e. The topological polar surface area (TPSA) is 39.2 Å². The Balaban J connectivity index is 2.47. The van der Waals surface area contributed by atoms with Gasteiger partial charge in [0, 0.05) is 5.39 Å². The molecule has 0 saturated heterocycles. The molecular formula is C12H12ClNO. The minimum absolute atomic E-state index is 0.147. The molecule has 1 aromatic heterocycles. The van der Waals surface area contributed by atoms with Gasteiger partial charge in [0.25, 0.3) is 0 Å². The van der Waals surface area contributed by atoms with Crippen LogP contribution in [0.5, 0.6) is 0 Å². The molecule has 1 aromatic carbocycles. The molecule has 0 fully saturated rings. The Morgan fingerprint density at radius 1 is 1.53 bits per heavy atom. The third-order valence-corrected chi connectivity index (χ3v) is 2.60. The van der Waals surface area contributed by atoms with Crippen LogP contribution in [-0.4, -0.2) is 0 Å². The molecule has 0 aliphatic heterocycles. The highest BCUT2D eigenvalue weighted by Gasteiger charge is 2.11. The summed E-state index contributed by atoms with van der Waals surface area (Å²) < 4.78 is 5.61. The van der Waals surface area contributed by atoms with Crippen molar-refractivity contribution >= 4 is 22.6 Å². The maximum absolute atomic E-state index is 6.00. The molecule has 3 heteroatoms. The second kappa shape index (κ2) is 4.09. The number of furan rings is 1. The van der Waals surface area contributed by atoms with Gasteiger partial charge >= 0.3 is 0 Å². The van der Waals surface area contributed by atoms with E-state index in [-0.39, 0.29) is 6.04 Å². The van der Waals surface area contributed by atoms with E-state index in [1.165, 1.54) is 0 Å². The summed E-state index contributed by atoms with van der Waals surface area (Å²) in [4.78, 5) is 0. The second-order valence-corrected chi connectivity index (χ2v) is 3.85. The maximum atomic E-state index is 6.00. The SMILES string of the molecule is C=CCC(N)c1cc2cccc(Cl)c2o1. The van der Waals surface area contributed by atoms with Gasteiger partial charge in [-0.3, -0.25) is 0 Å². The molecule has 15 heavy (non-hydrogen) atoms. The van der Waals surface area contributed by atoms with Crippen molar-refractivity contribution in [1.29, 1.82) is 0 Å². The van der Waals surface area contributed by atoms with E-state index in [1.54, 1.807) is 12.1 Å². The van der Waals surface area contributed by atoms with Crippen LogP contribution in [0.15, 0.2) is 41.3 Å². The first kappa shape index (κ1) is 10.3. The van der Waals surface area contributed by atoms with Crippen molar-refractivity contribution in [2.45, 2.75) is 12.5 Å². The first-order valence-electron chi connectivity index (χ1n) is 4.77. The van der Waals surface area contributed by atoms with Crippen LogP contribution < -0.4 is 5.73 Å². The van der Waals surface area contributed by atoms with Crippen LogP contribution in [0.4, 0.5) is 0 Å². The van der Waals surface area contributed by atoms with Gasteiger partial charge in [-0.2, -0.15) is 0 Å². The molecule has 1 heterocycles. The fourth-order valence-electron chi connectivity index (χ4n) is 1.53. The van der Waals surface area contributed by atoms with Crippen LogP contribution >= 0.6 is 11.6 Å². The van der Waals surface area contributed by atoms with E-state index in [0.29, 0.717) is 17.0 Å². The second-order valence-electron chi connectivity index (χ2n) is 3.44. The number of hydrogen-bond donors (Lipinski definition) is 1. The fraction of sp³-hybridized carbons (Fsp3) is 0.167. The normalized spacial score (nSPS) is 12.9. The lowest BCUT2D eigenvalue weighted by molar-refractivity contribution is 0.498. The standard InChI is InChI=1S/C12H12ClNO/c1-2-4-10(14)11-7-8-5-3-6-9(13)12(8)15-11/h2-3,5-7,10H,1,4,14H2. The van der Waals surface area contributed by atoms with Crippen LogP contribution in [0.25, 0.3) is 11.0 Å². The van der Waals surface area contributed by atoms with Crippen LogP contribution in [-0.2, 0) is 0 Å². The molecule has 0 spiro atoms. The average molecular weight is 222 g/mol. The predicted octanol–water partition coefficient (Wildman–Crippen LogP) is 3.66. The molecule has 0 amide bonds. The molecule has 2 rings (SSSR count). The summed E-state index contributed by atoms with van der Waals surface area (Å²) in [5.41, 5.74) is 6.61. The van der Waals surface area contributed by atoms with Crippen LogP contribution in [0.2, 0.25) is 5.02 Å². The Kier molecular flexibility index (Phi) is 2.80. The molecule has 1 atom stereocenters. The largest absolute Gasteiger partial charge is 0.458 e. The van der Waals surface area contributed by atoms with Crippen LogP contribution in [0.1, 0.15) is 18.2 Å². The van der Waals surface area contributed by atoms with Gasteiger partial charge < -0.3 is 10.2 Å². The molecule has 2 aromatic rings. The lowest BCUT2D eigenvalue weighted by Gasteiger charge is -2.03. The molecule has 0 bridgehead atoms. The lowest BCUT2D eigenvalue weighted by atomic mass is 10.1. The van der Waals surface area contributed by atoms with Gasteiger partial charge in [0.05, 0.1) is 11.1 Å². The van der Waals surface area contributed by atoms with Gasteiger partial charge in [-0.25, -0.2) is 0 Å². The molecule has 0 saturated carbocycles. The van der Waals surface area contributed by atoms with Crippen molar-refractivity contribution in [1.82, 2.24) is 0 Å². The zero-order valence-corrected chi connectivity index (χ0v) is 9.00. The minimum atomic E-state index is -0.147. The van der Waals surface area contributed by atoms with E-state index < -0.39 is 0 Å². The van der Waals surface area contributed by atoms with Gasteiger partial charge in [-0.15, -0.1) is 6.58 Å². The first-order valence-corrected chi connectivity index (χ1v) is 5.14. The van der Waals surface area contributed by atoms with Crippen molar-refractivity contribution in [3.05, 3.63) is 47.7 Å². The lowest BCUT2D eigenvalue weighted by Crippen LogP contribution is -2.07. The average Bonchev–Trinajstić information content (AvgIpc) is 2.63. The Morgan fingerprint density at radius 2 is 2.33 bits per heavy atom. The number of para-hydroxylation sites is 1. The number of fused-ring (bicyclic) bond motifs is 1. The Labute approximate surface area is 93.3 Å². The Morgan fingerprint density at radius 3 is 3.00 bits per heavy atom. The minimum Gasteiger partial charge on any atom is -0.458 e. The van der Waals surface area contributed by atoms with E-state index in [9.17, 15) is 0 Å². The highest BCUT2D eigenvalue weighted by molar-refractivity contribution is 6.34. The molecule has 2 N–H and O–H groups in total. The zero-order chi connectivity index (χ0) is 10.8. The molecule has 0 aliphatic rings. The highest BCUT2D eigenvalue weighted by atomic mass is 35.5. The van der Waals surface area contributed by atoms with E-state index in [1.807, 2.05) is 18.2 Å². The Hall–Kier alpha value is -1.25. The zero-order valence-electron chi connectivity index (χ0n) is 8.24. The number of rotatable bonds is 3. The van der Waals surface area contributed by atoms with E-state index in [2.05, 4.69) is 6.58 Å². The summed E-state index contributed by atoms with van der Waals surface area (Å²) in [5.74, 6) is 0.748. The third kappa shape index (κ3) is 1.91. The van der Waals surface area contributed by atoms with Crippen molar-refractivity contribution in [2.75, 3.05) is 0 Å². The summed E-state index contributed by atoms with van der Waals surface area (Å²) in [6, 6.07) is 7.43. The number of benzene rings is 1. The highest BCUT2D eigenvalue weighted by Crippen LogP contribution is 2.29. The summed E-state index contributed by atoms with van der Waals surface area (Å²) >= 11 is 6.00. The van der Waals surface area contributed by atoms with Gasteiger partial charge in [-0.1, -0.05) is 29.8 Å². The van der Waals surface area contributed by atoms with Crippen molar-refractivity contribution in [3.8, 4) is 0 Å². The quantitative estimate of drug-likeness (QED) is 0.804. The first-order chi connectivity index (χ1) is 7.22. The fourth-order valence-corrected chi connectivity index (χ4v) is 1.75. The van der Waals surface area contributed by atoms with Crippen molar-refractivity contribution in [3.63, 3.8) is 0 Å². The molecule has 2 nitrogen and oxygen atoms in total. The van der Waals surface area contributed by atoms with Crippen LogP contribution in [0, 0.1) is 0 Å². The monoisotopic (exact) mass is 221 g/mol. The molecular weight excluding hydrogens is 210 g/mol. The third-order valence-electron chi connectivity index (χ3n) is 2.30. The predicted molar refractivity (Wildman–Crippen MR) is 63.0 cm³/mol. The Bertz CT molecular complexity index is 489. The van der Waals surface area contributed by atoms with Crippen molar-refractivity contribution < 1.29 is 4.42 Å².